The predicted molar refractivity (Wildman–Crippen MR) is 90.4 cm³/mol. The summed E-state index contributed by atoms with van der Waals surface area (Å²) in [6.07, 6.45) is 0.621. The van der Waals surface area contributed by atoms with Crippen molar-refractivity contribution in [3.8, 4) is 5.75 Å². The van der Waals surface area contributed by atoms with Crippen LogP contribution in [-0.4, -0.2) is 29.7 Å². The van der Waals surface area contributed by atoms with Gasteiger partial charge in [-0.05, 0) is 37.3 Å². The third kappa shape index (κ3) is 3.24. The summed E-state index contributed by atoms with van der Waals surface area (Å²) in [5.41, 5.74) is 0.892. The van der Waals surface area contributed by atoms with Gasteiger partial charge in [0.05, 0.1) is 18.2 Å². The van der Waals surface area contributed by atoms with Crippen molar-refractivity contribution in [2.24, 2.45) is 0 Å². The maximum atomic E-state index is 13.0. The number of methoxy groups -OCH3 is 1. The summed E-state index contributed by atoms with van der Waals surface area (Å²) in [5, 5.41) is 0.622. The van der Waals surface area contributed by atoms with E-state index in [2.05, 4.69) is 0 Å². The molecule has 0 aliphatic rings. The van der Waals surface area contributed by atoms with Crippen LogP contribution in [0.4, 0.5) is 4.39 Å². The van der Waals surface area contributed by atoms with Gasteiger partial charge in [-0.2, -0.15) is 0 Å². The molecule has 0 fully saturated rings. The molecule has 25 heavy (non-hydrogen) atoms. The zero-order valence-corrected chi connectivity index (χ0v) is 13.7. The summed E-state index contributed by atoms with van der Waals surface area (Å²) in [7, 11) is 1.29. The van der Waals surface area contributed by atoms with Gasteiger partial charge >= 0.3 is 5.97 Å². The summed E-state index contributed by atoms with van der Waals surface area (Å²) >= 11 is 0. The molecular weight excluding hydrogens is 325 g/mol. The van der Waals surface area contributed by atoms with Crippen LogP contribution in [0.2, 0.25) is 0 Å². The Morgan fingerprint density at radius 1 is 1.08 bits per heavy atom. The zero-order valence-electron chi connectivity index (χ0n) is 13.7. The summed E-state index contributed by atoms with van der Waals surface area (Å²) in [6, 6.07) is 12.5. The highest BCUT2D eigenvalue weighted by Crippen LogP contribution is 2.23. The summed E-state index contributed by atoms with van der Waals surface area (Å²) in [4.78, 5) is 24.7. The number of hydrogen-bond acceptors (Lipinski definition) is 4. The number of fused-ring (bicyclic) bond motifs is 1. The number of benzene rings is 2. The Morgan fingerprint density at radius 3 is 2.44 bits per heavy atom. The van der Waals surface area contributed by atoms with E-state index in [-0.39, 0.29) is 11.7 Å². The Balaban J connectivity index is 1.93. The molecule has 0 N–H and O–H groups in total. The number of carbonyl (C=O) groups is 2. The fourth-order valence-corrected chi connectivity index (χ4v) is 2.60. The molecule has 5 nitrogen and oxygen atoms in total. The molecule has 1 aromatic heterocycles. The maximum Gasteiger partial charge on any atom is 0.340 e. The van der Waals surface area contributed by atoms with Crippen molar-refractivity contribution in [3.63, 3.8) is 0 Å². The van der Waals surface area contributed by atoms with Crippen molar-refractivity contribution in [2.45, 2.75) is 13.0 Å². The number of nitrogens with zero attached hydrogens (tertiary/aromatic N) is 1. The molecule has 1 atom stereocenters. The SMILES string of the molecule is COC(=O)c1cn(C(=O)[C@@H](C)Oc2ccc(F)cc2)c2ccccc12. The molecule has 0 aliphatic carbocycles. The van der Waals surface area contributed by atoms with Crippen LogP contribution in [0.25, 0.3) is 10.9 Å². The molecule has 0 aliphatic heterocycles. The van der Waals surface area contributed by atoms with Gasteiger partial charge in [-0.1, -0.05) is 18.2 Å². The maximum absolute atomic E-state index is 13.0. The Morgan fingerprint density at radius 2 is 1.76 bits per heavy atom. The second-order valence-corrected chi connectivity index (χ2v) is 5.47. The normalized spacial score (nSPS) is 12.0. The monoisotopic (exact) mass is 341 g/mol. The fraction of sp³-hybridized carbons (Fsp3) is 0.158. The Labute approximate surface area is 143 Å². The average molecular weight is 341 g/mol. The molecule has 0 spiro atoms. The van der Waals surface area contributed by atoms with Gasteiger partial charge in [0.1, 0.15) is 11.6 Å². The van der Waals surface area contributed by atoms with E-state index in [1.807, 2.05) is 0 Å². The number of para-hydroxylation sites is 1. The summed E-state index contributed by atoms with van der Waals surface area (Å²) in [6.45, 7) is 1.60. The second kappa shape index (κ2) is 6.76. The number of ether oxygens (including phenoxy) is 2. The average Bonchev–Trinajstić information content (AvgIpc) is 3.02. The molecule has 3 aromatic rings. The number of rotatable bonds is 4. The second-order valence-electron chi connectivity index (χ2n) is 5.47. The van der Waals surface area contributed by atoms with Crippen LogP contribution in [0, 0.1) is 5.82 Å². The standard InChI is InChI=1S/C19H16FNO4/c1-12(25-14-9-7-13(20)8-10-14)18(22)21-11-16(19(23)24-2)15-5-3-4-6-17(15)21/h3-12H,1-2H3/t12-/m1/s1. The van der Waals surface area contributed by atoms with Crippen LogP contribution < -0.4 is 4.74 Å². The van der Waals surface area contributed by atoms with Crippen LogP contribution >= 0.6 is 0 Å². The molecule has 0 unspecified atom stereocenters. The third-order valence-electron chi connectivity index (χ3n) is 3.83. The highest BCUT2D eigenvalue weighted by Gasteiger charge is 2.23. The van der Waals surface area contributed by atoms with Crippen LogP contribution in [0.3, 0.4) is 0 Å². The number of carbonyl (C=O) groups excluding carboxylic acids is 2. The minimum atomic E-state index is -0.827. The molecule has 0 bridgehead atoms. The van der Waals surface area contributed by atoms with E-state index in [1.54, 1.807) is 31.2 Å². The van der Waals surface area contributed by atoms with E-state index in [0.29, 0.717) is 22.2 Å². The van der Waals surface area contributed by atoms with E-state index in [1.165, 1.54) is 42.1 Å². The molecule has 128 valence electrons. The first-order chi connectivity index (χ1) is 12.0. The molecule has 6 heteroatoms. The number of aromatic nitrogens is 1. The van der Waals surface area contributed by atoms with Crippen LogP contribution in [-0.2, 0) is 4.74 Å². The van der Waals surface area contributed by atoms with Gasteiger partial charge in [0.2, 0.25) is 0 Å². The lowest BCUT2D eigenvalue weighted by atomic mass is 10.2. The van der Waals surface area contributed by atoms with Crippen LogP contribution in [0.1, 0.15) is 22.1 Å². The zero-order chi connectivity index (χ0) is 18.0. The van der Waals surface area contributed by atoms with Gasteiger partial charge in [-0.3, -0.25) is 9.36 Å². The van der Waals surface area contributed by atoms with Gasteiger partial charge in [-0.15, -0.1) is 0 Å². The van der Waals surface area contributed by atoms with E-state index in [9.17, 15) is 14.0 Å². The first-order valence-corrected chi connectivity index (χ1v) is 7.66. The van der Waals surface area contributed by atoms with Crippen molar-refractivity contribution < 1.29 is 23.5 Å². The van der Waals surface area contributed by atoms with Crippen LogP contribution in [0.5, 0.6) is 5.75 Å². The van der Waals surface area contributed by atoms with Gasteiger partial charge in [0.15, 0.2) is 6.10 Å². The van der Waals surface area contributed by atoms with Gasteiger partial charge in [0.25, 0.3) is 5.91 Å². The highest BCUT2D eigenvalue weighted by atomic mass is 19.1. The minimum absolute atomic E-state index is 0.306. The Bertz CT molecular complexity index is 930. The lowest BCUT2D eigenvalue weighted by molar-refractivity contribution is 0.0602. The molecular formula is C19H16FNO4. The molecule has 0 saturated heterocycles. The minimum Gasteiger partial charge on any atom is -0.481 e. The van der Waals surface area contributed by atoms with Gasteiger partial charge < -0.3 is 9.47 Å². The number of halogens is 1. The predicted octanol–water partition coefficient (Wildman–Crippen LogP) is 3.67. The van der Waals surface area contributed by atoms with E-state index >= 15 is 0 Å². The largest absolute Gasteiger partial charge is 0.481 e. The summed E-state index contributed by atoms with van der Waals surface area (Å²) in [5.74, 6) is -0.872. The highest BCUT2D eigenvalue weighted by molar-refractivity contribution is 6.07. The molecule has 0 amide bonds. The first-order valence-electron chi connectivity index (χ1n) is 7.66. The smallest absolute Gasteiger partial charge is 0.340 e. The molecule has 0 radical (unpaired) electrons. The topological polar surface area (TPSA) is 57.5 Å². The molecule has 3 rings (SSSR count). The van der Waals surface area contributed by atoms with Gasteiger partial charge in [-0.25, -0.2) is 9.18 Å². The number of esters is 1. The fourth-order valence-electron chi connectivity index (χ4n) is 2.60. The Kier molecular flexibility index (Phi) is 4.52. The lowest BCUT2D eigenvalue weighted by Gasteiger charge is -2.14. The quantitative estimate of drug-likeness (QED) is 0.679. The summed E-state index contributed by atoms with van der Waals surface area (Å²) < 4.78 is 24.7. The van der Waals surface area contributed by atoms with Crippen molar-refractivity contribution in [3.05, 3.63) is 66.1 Å². The van der Waals surface area contributed by atoms with Gasteiger partial charge in [0, 0.05) is 11.6 Å². The van der Waals surface area contributed by atoms with Crippen LogP contribution in [0.15, 0.2) is 54.7 Å². The van der Waals surface area contributed by atoms with Crippen molar-refractivity contribution >= 4 is 22.8 Å². The van der Waals surface area contributed by atoms with Crippen molar-refractivity contribution in [1.29, 1.82) is 0 Å². The van der Waals surface area contributed by atoms with E-state index in [4.69, 9.17) is 9.47 Å². The molecule has 1 heterocycles. The lowest BCUT2D eigenvalue weighted by Crippen LogP contribution is -2.28. The van der Waals surface area contributed by atoms with E-state index < -0.39 is 12.1 Å². The first kappa shape index (κ1) is 16.7. The molecule has 2 aromatic carbocycles. The van der Waals surface area contributed by atoms with E-state index in [0.717, 1.165) is 0 Å². The van der Waals surface area contributed by atoms with Crippen molar-refractivity contribution in [1.82, 2.24) is 4.57 Å². The van der Waals surface area contributed by atoms with Crippen molar-refractivity contribution in [2.75, 3.05) is 7.11 Å². The molecule has 0 saturated carbocycles. The number of hydrogen-bond donors (Lipinski definition) is 0. The Hall–Kier alpha value is -3.15. The third-order valence-corrected chi connectivity index (χ3v) is 3.83.